The molecule has 188 valence electrons. The van der Waals surface area contributed by atoms with E-state index in [2.05, 4.69) is 56.7 Å². The predicted molar refractivity (Wildman–Crippen MR) is 141 cm³/mol. The second-order valence-electron chi connectivity index (χ2n) is 10.3. The first-order valence-corrected chi connectivity index (χ1v) is 12.9. The number of aryl methyl sites for hydroxylation is 1. The van der Waals surface area contributed by atoms with Crippen molar-refractivity contribution in [2.24, 2.45) is 5.41 Å². The van der Waals surface area contributed by atoms with Crippen LogP contribution < -0.4 is 15.4 Å². The largest absolute Gasteiger partial charge is 0.477 e. The summed E-state index contributed by atoms with van der Waals surface area (Å²) >= 11 is 0. The van der Waals surface area contributed by atoms with E-state index in [-0.39, 0.29) is 11.5 Å². The Morgan fingerprint density at radius 1 is 1.19 bits per heavy atom. The Hall–Kier alpha value is -3.28. The van der Waals surface area contributed by atoms with Crippen LogP contribution in [0, 0.1) is 30.6 Å². The third-order valence-corrected chi connectivity index (χ3v) is 7.65. The van der Waals surface area contributed by atoms with Gasteiger partial charge in [-0.25, -0.2) is 4.98 Å². The van der Waals surface area contributed by atoms with Crippen LogP contribution in [-0.2, 0) is 6.42 Å². The maximum atomic E-state index is 9.15. The number of hydrogen-bond acceptors (Lipinski definition) is 8. The average molecular weight is 486 g/mol. The Bertz CT molecular complexity index is 1270. The molecule has 8 nitrogen and oxygen atoms in total. The van der Waals surface area contributed by atoms with Crippen LogP contribution in [0.1, 0.15) is 48.2 Å². The van der Waals surface area contributed by atoms with E-state index >= 15 is 0 Å². The van der Waals surface area contributed by atoms with Gasteiger partial charge in [-0.2, -0.15) is 10.4 Å². The molecule has 0 amide bonds. The van der Waals surface area contributed by atoms with E-state index in [4.69, 9.17) is 10.00 Å². The van der Waals surface area contributed by atoms with Gasteiger partial charge < -0.3 is 20.3 Å². The Labute approximate surface area is 213 Å². The van der Waals surface area contributed by atoms with Crippen LogP contribution in [0.2, 0.25) is 0 Å². The summed E-state index contributed by atoms with van der Waals surface area (Å²) in [6.45, 7) is 12.3. The summed E-state index contributed by atoms with van der Waals surface area (Å²) in [7, 11) is 0. The molecule has 1 atom stereocenters. The molecule has 3 heterocycles. The van der Waals surface area contributed by atoms with Crippen LogP contribution in [0.4, 0.5) is 5.82 Å². The van der Waals surface area contributed by atoms with Gasteiger partial charge in [0.25, 0.3) is 0 Å². The molecule has 0 unspecified atom stereocenters. The van der Waals surface area contributed by atoms with Crippen molar-refractivity contribution in [1.82, 2.24) is 25.4 Å². The van der Waals surface area contributed by atoms with E-state index in [1.54, 1.807) is 0 Å². The number of benzene rings is 1. The van der Waals surface area contributed by atoms with Crippen LogP contribution >= 0.6 is 0 Å². The van der Waals surface area contributed by atoms with Crippen molar-refractivity contribution in [3.05, 3.63) is 52.8 Å². The Kier molecular flexibility index (Phi) is 7.04. The highest BCUT2D eigenvalue weighted by Gasteiger charge is 2.45. The average Bonchev–Trinajstić information content (AvgIpc) is 3.66. The molecule has 1 saturated heterocycles. The number of hydrogen-bond donors (Lipinski definition) is 2. The van der Waals surface area contributed by atoms with Gasteiger partial charge in [0.15, 0.2) is 5.82 Å². The van der Waals surface area contributed by atoms with Crippen LogP contribution in [0.3, 0.4) is 0 Å². The summed E-state index contributed by atoms with van der Waals surface area (Å²) in [5, 5.41) is 26.9. The summed E-state index contributed by atoms with van der Waals surface area (Å²) in [5.41, 5.74) is 4.42. The third-order valence-electron chi connectivity index (χ3n) is 7.65. The Balaban J connectivity index is 1.34. The predicted octanol–water partition coefficient (Wildman–Crippen LogP) is 3.95. The van der Waals surface area contributed by atoms with E-state index in [9.17, 15) is 0 Å². The van der Waals surface area contributed by atoms with E-state index in [0.717, 1.165) is 65.9 Å². The molecular formula is C28H35N7O. The smallest absolute Gasteiger partial charge is 0.213 e. The zero-order valence-corrected chi connectivity index (χ0v) is 21.5. The van der Waals surface area contributed by atoms with Crippen molar-refractivity contribution in [2.75, 3.05) is 44.6 Å². The monoisotopic (exact) mass is 485 g/mol. The van der Waals surface area contributed by atoms with E-state index in [1.165, 1.54) is 12.8 Å². The molecule has 5 rings (SSSR count). The minimum Gasteiger partial charge on any atom is -0.477 e. The zero-order chi connectivity index (χ0) is 25.1. The Morgan fingerprint density at radius 3 is 2.75 bits per heavy atom. The first-order chi connectivity index (χ1) is 17.5. The Morgan fingerprint density at radius 2 is 2.00 bits per heavy atom. The highest BCUT2D eigenvalue weighted by Crippen LogP contribution is 2.46. The van der Waals surface area contributed by atoms with Crippen LogP contribution in [0.15, 0.2) is 30.5 Å². The molecule has 0 radical (unpaired) electrons. The molecule has 0 spiro atoms. The first kappa shape index (κ1) is 24.4. The van der Waals surface area contributed by atoms with Crippen molar-refractivity contribution in [3.8, 4) is 11.9 Å². The summed E-state index contributed by atoms with van der Waals surface area (Å²) < 4.78 is 6.27. The second kappa shape index (κ2) is 10.4. The van der Waals surface area contributed by atoms with Crippen molar-refractivity contribution in [1.29, 1.82) is 5.26 Å². The summed E-state index contributed by atoms with van der Waals surface area (Å²) in [6.07, 6.45) is 4.68. The van der Waals surface area contributed by atoms with Crippen LogP contribution in [0.25, 0.3) is 10.8 Å². The molecule has 2 aromatic heterocycles. The normalized spacial score (nSPS) is 17.9. The van der Waals surface area contributed by atoms with Crippen molar-refractivity contribution in [2.45, 2.75) is 46.1 Å². The number of pyridine rings is 1. The van der Waals surface area contributed by atoms with Gasteiger partial charge >= 0.3 is 0 Å². The zero-order valence-electron chi connectivity index (χ0n) is 21.5. The lowest BCUT2D eigenvalue weighted by atomic mass is 9.96. The molecule has 8 heteroatoms. The van der Waals surface area contributed by atoms with Gasteiger partial charge in [0, 0.05) is 61.2 Å². The molecule has 2 fully saturated rings. The molecule has 0 bridgehead atoms. The van der Waals surface area contributed by atoms with E-state index in [1.807, 2.05) is 31.3 Å². The molecule has 1 aliphatic heterocycles. The number of nitrogens with one attached hydrogen (secondary N) is 2. The number of piperazine rings is 1. The molecule has 1 aromatic carbocycles. The quantitative estimate of drug-likeness (QED) is 0.470. The maximum Gasteiger partial charge on any atom is 0.213 e. The minimum absolute atomic E-state index is 0.00449. The van der Waals surface area contributed by atoms with Gasteiger partial charge in [0.2, 0.25) is 5.88 Å². The number of fused-ring (bicyclic) bond motifs is 1. The number of anilines is 1. The number of aromatic nitrogens is 3. The van der Waals surface area contributed by atoms with Gasteiger partial charge in [-0.15, -0.1) is 5.10 Å². The minimum atomic E-state index is -0.00449. The standard InChI is InChI=1S/C28H35N7O/c1-19-22(7-10-29)5-4-6-23(19)20(2)32-27-24-15-26(31-16-25(24)21(3)33-34-27)36-18-28(8-9-28)17-35-13-11-30-12-14-35/h4-6,15-16,20,30H,7-9,11-14,17-18H2,1-3H3,(H,32,34)/t20-/m1/s1. The SMILES string of the molecule is Cc1c(CC#N)cccc1[C@@H](C)Nc1nnc(C)c2cnc(OCC3(CN4CCNCC4)CC3)cc12. The van der Waals surface area contributed by atoms with Crippen molar-refractivity contribution < 1.29 is 4.74 Å². The number of ether oxygens (including phenoxy) is 1. The summed E-state index contributed by atoms with van der Waals surface area (Å²) in [6, 6.07) is 10.4. The van der Waals surface area contributed by atoms with E-state index in [0.29, 0.717) is 24.7 Å². The van der Waals surface area contributed by atoms with Gasteiger partial charge in [-0.3, -0.25) is 0 Å². The molecule has 1 aliphatic carbocycles. The molecular weight excluding hydrogens is 450 g/mol. The fourth-order valence-corrected chi connectivity index (χ4v) is 5.17. The second-order valence-corrected chi connectivity index (χ2v) is 10.3. The molecule has 2 aliphatic rings. The molecule has 3 aromatic rings. The van der Waals surface area contributed by atoms with Gasteiger partial charge in [0.1, 0.15) is 0 Å². The molecule has 1 saturated carbocycles. The lowest BCUT2D eigenvalue weighted by Gasteiger charge is -2.30. The lowest BCUT2D eigenvalue weighted by molar-refractivity contribution is 0.147. The third kappa shape index (κ3) is 5.28. The van der Waals surface area contributed by atoms with Crippen LogP contribution in [-0.4, -0.2) is 59.4 Å². The highest BCUT2D eigenvalue weighted by atomic mass is 16.5. The fraction of sp³-hybridized carbons (Fsp3) is 0.500. The summed E-state index contributed by atoms with van der Waals surface area (Å²) in [5.74, 6) is 1.34. The van der Waals surface area contributed by atoms with E-state index < -0.39 is 0 Å². The van der Waals surface area contributed by atoms with Crippen LogP contribution in [0.5, 0.6) is 5.88 Å². The lowest BCUT2D eigenvalue weighted by Crippen LogP contribution is -2.46. The topological polar surface area (TPSA) is 99.0 Å². The maximum absolute atomic E-state index is 9.15. The highest BCUT2D eigenvalue weighted by molar-refractivity contribution is 5.93. The fourth-order valence-electron chi connectivity index (χ4n) is 5.17. The molecule has 2 N–H and O–H groups in total. The van der Waals surface area contributed by atoms with Crippen molar-refractivity contribution >= 4 is 16.6 Å². The van der Waals surface area contributed by atoms with Gasteiger partial charge in [0.05, 0.1) is 30.8 Å². The summed E-state index contributed by atoms with van der Waals surface area (Å²) in [4.78, 5) is 7.15. The van der Waals surface area contributed by atoms with Crippen molar-refractivity contribution in [3.63, 3.8) is 0 Å². The van der Waals surface area contributed by atoms with Gasteiger partial charge in [-0.1, -0.05) is 18.2 Å². The number of rotatable bonds is 9. The van der Waals surface area contributed by atoms with Gasteiger partial charge in [-0.05, 0) is 50.3 Å². The molecule has 36 heavy (non-hydrogen) atoms. The first-order valence-electron chi connectivity index (χ1n) is 12.9. The number of nitriles is 1. The number of nitrogens with zero attached hydrogens (tertiary/aromatic N) is 5.